The Morgan fingerprint density at radius 1 is 1.35 bits per heavy atom. The highest BCUT2D eigenvalue weighted by Gasteiger charge is 2.23. The molecular formula is C10H14Cl2N2O2S. The molecular weight excluding hydrogens is 283 g/mol. The van der Waals surface area contributed by atoms with E-state index in [4.69, 9.17) is 23.2 Å². The first-order valence-electron chi connectivity index (χ1n) is 4.95. The number of nitrogens with zero attached hydrogens (tertiary/aromatic N) is 1. The largest absolute Gasteiger partial charge is 0.318 e. The highest BCUT2D eigenvalue weighted by Crippen LogP contribution is 2.26. The summed E-state index contributed by atoms with van der Waals surface area (Å²) in [6, 6.07) is 4.38. The number of sulfonamides is 1. The van der Waals surface area contributed by atoms with Crippen LogP contribution in [0.2, 0.25) is 10.0 Å². The molecule has 0 aliphatic rings. The molecule has 1 rings (SSSR count). The molecule has 0 unspecified atom stereocenters. The summed E-state index contributed by atoms with van der Waals surface area (Å²) in [7, 11) is -0.327. The summed E-state index contributed by atoms with van der Waals surface area (Å²) >= 11 is 11.7. The van der Waals surface area contributed by atoms with Gasteiger partial charge in [0.2, 0.25) is 10.0 Å². The SMILES string of the molecule is CNCCN(C)S(=O)(=O)c1cc(Cl)ccc1Cl. The number of halogens is 2. The molecule has 0 fully saturated rings. The van der Waals surface area contributed by atoms with Crippen molar-refractivity contribution < 1.29 is 8.42 Å². The Bertz CT molecular complexity index is 491. The molecule has 0 bridgehead atoms. The minimum Gasteiger partial charge on any atom is -0.318 e. The summed E-state index contributed by atoms with van der Waals surface area (Å²) < 4.78 is 25.6. The van der Waals surface area contributed by atoms with Gasteiger partial charge in [0, 0.05) is 25.2 Å². The van der Waals surface area contributed by atoms with Gasteiger partial charge < -0.3 is 5.32 Å². The summed E-state index contributed by atoms with van der Waals surface area (Å²) in [6.07, 6.45) is 0. The molecule has 96 valence electrons. The van der Waals surface area contributed by atoms with Gasteiger partial charge in [-0.25, -0.2) is 8.42 Å². The highest BCUT2D eigenvalue weighted by atomic mass is 35.5. The zero-order valence-corrected chi connectivity index (χ0v) is 11.9. The normalized spacial score (nSPS) is 12.1. The molecule has 1 aromatic carbocycles. The van der Waals surface area contributed by atoms with E-state index >= 15 is 0 Å². The van der Waals surface area contributed by atoms with Crippen LogP contribution in [0, 0.1) is 0 Å². The van der Waals surface area contributed by atoms with Gasteiger partial charge in [-0.3, -0.25) is 0 Å². The van der Waals surface area contributed by atoms with Crippen molar-refractivity contribution in [2.75, 3.05) is 27.2 Å². The van der Waals surface area contributed by atoms with Crippen LogP contribution in [-0.4, -0.2) is 39.9 Å². The number of hydrogen-bond acceptors (Lipinski definition) is 3. The van der Waals surface area contributed by atoms with E-state index in [2.05, 4.69) is 5.32 Å². The van der Waals surface area contributed by atoms with E-state index in [0.717, 1.165) is 0 Å². The molecule has 0 aromatic heterocycles. The first kappa shape index (κ1) is 14.7. The molecule has 0 spiro atoms. The van der Waals surface area contributed by atoms with E-state index in [1.165, 1.54) is 23.5 Å². The van der Waals surface area contributed by atoms with Crippen molar-refractivity contribution in [2.24, 2.45) is 0 Å². The van der Waals surface area contributed by atoms with Crippen LogP contribution in [0.5, 0.6) is 0 Å². The predicted octanol–water partition coefficient (Wildman–Crippen LogP) is 1.83. The van der Waals surface area contributed by atoms with Crippen LogP contribution in [0.15, 0.2) is 23.1 Å². The quantitative estimate of drug-likeness (QED) is 0.902. The van der Waals surface area contributed by atoms with E-state index in [1.807, 2.05) is 0 Å². The van der Waals surface area contributed by atoms with Crippen LogP contribution in [0.3, 0.4) is 0 Å². The smallest absolute Gasteiger partial charge is 0.244 e. The standard InChI is InChI=1S/C10H14Cl2N2O2S/c1-13-5-6-14(2)17(15,16)10-7-8(11)3-4-9(10)12/h3-4,7,13H,5-6H2,1-2H3. The number of hydrogen-bond donors (Lipinski definition) is 1. The third kappa shape index (κ3) is 3.56. The minimum absolute atomic E-state index is 0.0327. The number of benzene rings is 1. The summed E-state index contributed by atoms with van der Waals surface area (Å²) in [4.78, 5) is 0.0327. The first-order valence-corrected chi connectivity index (χ1v) is 7.15. The van der Waals surface area contributed by atoms with Crippen LogP contribution < -0.4 is 5.32 Å². The maximum Gasteiger partial charge on any atom is 0.244 e. The lowest BCUT2D eigenvalue weighted by atomic mass is 10.4. The number of likely N-dealkylation sites (N-methyl/N-ethyl adjacent to an activating group) is 2. The Balaban J connectivity index is 3.08. The molecule has 0 atom stereocenters. The zero-order valence-electron chi connectivity index (χ0n) is 9.57. The molecule has 1 aromatic rings. The Morgan fingerprint density at radius 2 is 2.00 bits per heavy atom. The summed E-state index contributed by atoms with van der Waals surface area (Å²) in [5, 5.41) is 3.40. The Labute approximate surface area is 112 Å². The van der Waals surface area contributed by atoms with Crippen LogP contribution in [0.4, 0.5) is 0 Å². The minimum atomic E-state index is -3.59. The van der Waals surface area contributed by atoms with Crippen LogP contribution in [0.25, 0.3) is 0 Å². The molecule has 0 saturated carbocycles. The molecule has 17 heavy (non-hydrogen) atoms. The van der Waals surface area contributed by atoms with E-state index in [0.29, 0.717) is 18.1 Å². The van der Waals surface area contributed by atoms with Gasteiger partial charge in [-0.1, -0.05) is 23.2 Å². The highest BCUT2D eigenvalue weighted by molar-refractivity contribution is 7.89. The predicted molar refractivity (Wildman–Crippen MR) is 70.2 cm³/mol. The van der Waals surface area contributed by atoms with Crippen molar-refractivity contribution in [3.8, 4) is 0 Å². The Morgan fingerprint density at radius 3 is 2.59 bits per heavy atom. The second-order valence-corrected chi connectivity index (χ2v) is 6.36. The lowest BCUT2D eigenvalue weighted by Crippen LogP contribution is -2.33. The van der Waals surface area contributed by atoms with E-state index < -0.39 is 10.0 Å². The average Bonchev–Trinajstić information content (AvgIpc) is 2.28. The monoisotopic (exact) mass is 296 g/mol. The van der Waals surface area contributed by atoms with E-state index in [-0.39, 0.29) is 9.92 Å². The molecule has 0 aliphatic heterocycles. The maximum atomic E-state index is 12.2. The van der Waals surface area contributed by atoms with Gasteiger partial charge in [-0.15, -0.1) is 0 Å². The van der Waals surface area contributed by atoms with E-state index in [9.17, 15) is 8.42 Å². The second kappa shape index (κ2) is 6.02. The van der Waals surface area contributed by atoms with Crippen LogP contribution in [0.1, 0.15) is 0 Å². The fourth-order valence-electron chi connectivity index (χ4n) is 1.23. The summed E-state index contributed by atoms with van der Waals surface area (Å²) in [6.45, 7) is 0.926. The van der Waals surface area contributed by atoms with Gasteiger partial charge in [0.15, 0.2) is 0 Å². The van der Waals surface area contributed by atoms with Crippen molar-refractivity contribution in [3.05, 3.63) is 28.2 Å². The van der Waals surface area contributed by atoms with Gasteiger partial charge in [0.1, 0.15) is 4.90 Å². The third-order valence-electron chi connectivity index (χ3n) is 2.26. The Hall–Kier alpha value is -0.330. The zero-order chi connectivity index (χ0) is 13.1. The topological polar surface area (TPSA) is 49.4 Å². The van der Waals surface area contributed by atoms with Gasteiger partial charge in [-0.05, 0) is 25.2 Å². The van der Waals surface area contributed by atoms with Gasteiger partial charge in [-0.2, -0.15) is 4.31 Å². The maximum absolute atomic E-state index is 12.2. The van der Waals surface area contributed by atoms with Crippen molar-refractivity contribution in [3.63, 3.8) is 0 Å². The summed E-state index contributed by atoms with van der Waals surface area (Å²) in [5.74, 6) is 0. The lowest BCUT2D eigenvalue weighted by Gasteiger charge is -2.17. The molecule has 0 radical (unpaired) electrons. The van der Waals surface area contributed by atoms with Crippen molar-refractivity contribution >= 4 is 33.2 Å². The Kier molecular flexibility index (Phi) is 5.22. The van der Waals surface area contributed by atoms with E-state index in [1.54, 1.807) is 13.1 Å². The van der Waals surface area contributed by atoms with Gasteiger partial charge >= 0.3 is 0 Å². The van der Waals surface area contributed by atoms with Gasteiger partial charge in [0.05, 0.1) is 5.02 Å². The molecule has 0 heterocycles. The first-order chi connectivity index (χ1) is 7.89. The van der Waals surface area contributed by atoms with Crippen LogP contribution in [-0.2, 0) is 10.0 Å². The molecule has 7 heteroatoms. The molecule has 1 N–H and O–H groups in total. The molecule has 0 amide bonds. The third-order valence-corrected chi connectivity index (χ3v) is 4.83. The molecule has 0 aliphatic carbocycles. The average molecular weight is 297 g/mol. The fourth-order valence-corrected chi connectivity index (χ4v) is 3.14. The van der Waals surface area contributed by atoms with Crippen molar-refractivity contribution in [2.45, 2.75) is 4.90 Å². The van der Waals surface area contributed by atoms with Crippen molar-refractivity contribution in [1.29, 1.82) is 0 Å². The van der Waals surface area contributed by atoms with Crippen molar-refractivity contribution in [1.82, 2.24) is 9.62 Å². The fraction of sp³-hybridized carbons (Fsp3) is 0.400. The number of nitrogens with one attached hydrogen (secondary N) is 1. The molecule has 4 nitrogen and oxygen atoms in total. The van der Waals surface area contributed by atoms with Crippen LogP contribution >= 0.6 is 23.2 Å². The van der Waals surface area contributed by atoms with Gasteiger partial charge in [0.25, 0.3) is 0 Å². The second-order valence-electron chi connectivity index (χ2n) is 3.50. The number of rotatable bonds is 5. The molecule has 0 saturated heterocycles. The summed E-state index contributed by atoms with van der Waals surface area (Å²) in [5.41, 5.74) is 0. The lowest BCUT2D eigenvalue weighted by molar-refractivity contribution is 0.466.